The number of halogens is 1. The summed E-state index contributed by atoms with van der Waals surface area (Å²) in [6.45, 7) is 2.47. The molecule has 1 aliphatic rings. The van der Waals surface area contributed by atoms with Gasteiger partial charge in [0.1, 0.15) is 6.67 Å². The van der Waals surface area contributed by atoms with Crippen LogP contribution in [0.4, 0.5) is 4.39 Å². The molecule has 35 heavy (non-hydrogen) atoms. The standard InChI is InChI=1S/C27H29FN4O3/c28-11-12-29-15-23(25-26(33)27(34)32-18-31-25)13-21-7-3-19(4-8-21)1-2-20-5-9-22(10-6-20)14-30-24-16-35-17-24/h3-10,18,23-24,29-30,33H,11-17H2,(H,31,32,34). The Morgan fingerprint density at radius 3 is 2.34 bits per heavy atom. The van der Waals surface area contributed by atoms with Crippen molar-refractivity contribution in [1.82, 2.24) is 20.6 Å². The van der Waals surface area contributed by atoms with Crippen LogP contribution in [0, 0.1) is 11.8 Å². The molecule has 1 fully saturated rings. The summed E-state index contributed by atoms with van der Waals surface area (Å²) < 4.78 is 17.7. The van der Waals surface area contributed by atoms with E-state index in [-0.39, 0.29) is 12.5 Å². The molecule has 1 atom stereocenters. The van der Waals surface area contributed by atoms with Gasteiger partial charge in [-0.15, -0.1) is 0 Å². The van der Waals surface area contributed by atoms with Crippen molar-refractivity contribution < 1.29 is 14.2 Å². The molecule has 1 saturated heterocycles. The molecule has 0 aliphatic carbocycles. The Balaban J connectivity index is 1.38. The molecule has 2 aromatic carbocycles. The van der Waals surface area contributed by atoms with Crippen molar-refractivity contribution in [3.8, 4) is 17.6 Å². The SMILES string of the molecule is O=c1[nH]cnc(C(CNCCF)Cc2ccc(C#Cc3ccc(CNC4COC4)cc3)cc2)c1O. The molecule has 1 unspecified atom stereocenters. The first-order valence-corrected chi connectivity index (χ1v) is 11.7. The van der Waals surface area contributed by atoms with Crippen molar-refractivity contribution in [1.29, 1.82) is 0 Å². The van der Waals surface area contributed by atoms with Gasteiger partial charge in [-0.1, -0.05) is 36.1 Å². The van der Waals surface area contributed by atoms with Gasteiger partial charge in [0.25, 0.3) is 5.56 Å². The van der Waals surface area contributed by atoms with E-state index in [1.807, 2.05) is 36.4 Å². The molecule has 1 aliphatic heterocycles. The van der Waals surface area contributed by atoms with Gasteiger partial charge < -0.3 is 25.5 Å². The maximum Gasteiger partial charge on any atom is 0.293 e. The Morgan fingerprint density at radius 1 is 1.09 bits per heavy atom. The molecular weight excluding hydrogens is 447 g/mol. The summed E-state index contributed by atoms with van der Waals surface area (Å²) in [7, 11) is 0. The fraction of sp³-hybridized carbons (Fsp3) is 0.333. The predicted octanol–water partition coefficient (Wildman–Crippen LogP) is 2.25. The van der Waals surface area contributed by atoms with Gasteiger partial charge in [0.05, 0.1) is 31.3 Å². The highest BCUT2D eigenvalue weighted by atomic mass is 19.1. The molecule has 4 N–H and O–H groups in total. The highest BCUT2D eigenvalue weighted by molar-refractivity contribution is 5.44. The maximum absolute atomic E-state index is 12.6. The van der Waals surface area contributed by atoms with Crippen LogP contribution in [0.3, 0.4) is 0 Å². The van der Waals surface area contributed by atoms with Crippen LogP contribution in [0.15, 0.2) is 59.7 Å². The fourth-order valence-electron chi connectivity index (χ4n) is 3.79. The number of aromatic nitrogens is 2. The fourth-order valence-corrected chi connectivity index (χ4v) is 3.79. The van der Waals surface area contributed by atoms with E-state index < -0.39 is 18.0 Å². The number of H-pyrrole nitrogens is 1. The minimum Gasteiger partial charge on any atom is -0.502 e. The second-order valence-corrected chi connectivity index (χ2v) is 8.52. The Morgan fingerprint density at radius 2 is 1.74 bits per heavy atom. The number of nitrogens with one attached hydrogen (secondary N) is 3. The van der Waals surface area contributed by atoms with Crippen LogP contribution in [0.25, 0.3) is 0 Å². The Bertz CT molecular complexity index is 1210. The van der Waals surface area contributed by atoms with Crippen molar-refractivity contribution in [3.05, 3.63) is 93.2 Å². The molecule has 7 nitrogen and oxygen atoms in total. The number of ether oxygens (including phenoxy) is 1. The maximum atomic E-state index is 12.6. The summed E-state index contributed by atoms with van der Waals surface area (Å²) in [5, 5.41) is 16.6. The molecule has 0 saturated carbocycles. The molecule has 0 spiro atoms. The van der Waals surface area contributed by atoms with E-state index in [1.54, 1.807) is 0 Å². The molecular formula is C27H29FN4O3. The lowest BCUT2D eigenvalue weighted by molar-refractivity contribution is -0.00578. The van der Waals surface area contributed by atoms with E-state index in [1.165, 1.54) is 11.9 Å². The number of hydrogen-bond acceptors (Lipinski definition) is 6. The van der Waals surface area contributed by atoms with E-state index in [0.29, 0.717) is 24.7 Å². The third-order valence-corrected chi connectivity index (χ3v) is 5.88. The number of aromatic amines is 1. The molecule has 182 valence electrons. The van der Waals surface area contributed by atoms with Crippen LogP contribution in [0.1, 0.15) is 33.9 Å². The zero-order valence-electron chi connectivity index (χ0n) is 19.4. The molecule has 2 heterocycles. The van der Waals surface area contributed by atoms with E-state index >= 15 is 0 Å². The summed E-state index contributed by atoms with van der Waals surface area (Å²) in [5.41, 5.74) is 3.74. The largest absolute Gasteiger partial charge is 0.502 e. The highest BCUT2D eigenvalue weighted by Gasteiger charge is 2.20. The van der Waals surface area contributed by atoms with Gasteiger partial charge in [-0.2, -0.15) is 0 Å². The van der Waals surface area contributed by atoms with Crippen molar-refractivity contribution in [2.45, 2.75) is 24.9 Å². The summed E-state index contributed by atoms with van der Waals surface area (Å²) in [6, 6.07) is 16.5. The van der Waals surface area contributed by atoms with Crippen LogP contribution >= 0.6 is 0 Å². The number of alkyl halides is 1. The topological polar surface area (TPSA) is 99.3 Å². The van der Waals surface area contributed by atoms with Crippen LogP contribution in [-0.4, -0.2) is 54.1 Å². The Hall–Kier alpha value is -3.51. The lowest BCUT2D eigenvalue weighted by atomic mass is 9.94. The first-order chi connectivity index (χ1) is 17.1. The van der Waals surface area contributed by atoms with Gasteiger partial charge in [-0.05, 0) is 41.8 Å². The van der Waals surface area contributed by atoms with Gasteiger partial charge in [0.2, 0.25) is 5.75 Å². The van der Waals surface area contributed by atoms with E-state index in [0.717, 1.165) is 36.4 Å². The lowest BCUT2D eigenvalue weighted by Crippen LogP contribution is -2.45. The zero-order chi connectivity index (χ0) is 24.5. The van der Waals surface area contributed by atoms with Gasteiger partial charge >= 0.3 is 0 Å². The van der Waals surface area contributed by atoms with Gasteiger partial charge in [0.15, 0.2) is 0 Å². The average Bonchev–Trinajstić information content (AvgIpc) is 2.85. The number of benzene rings is 2. The van der Waals surface area contributed by atoms with E-state index in [2.05, 4.69) is 44.6 Å². The van der Waals surface area contributed by atoms with E-state index in [9.17, 15) is 14.3 Å². The van der Waals surface area contributed by atoms with Crippen LogP contribution in [0.5, 0.6) is 5.75 Å². The molecule has 0 radical (unpaired) electrons. The molecule has 3 aromatic rings. The minimum atomic E-state index is -0.589. The molecule has 1 aromatic heterocycles. The summed E-state index contributed by atoms with van der Waals surface area (Å²) in [5.74, 6) is 5.69. The normalized spacial score (nSPS) is 14.1. The van der Waals surface area contributed by atoms with Crippen LogP contribution in [-0.2, 0) is 17.7 Å². The number of aromatic hydroxyl groups is 1. The molecule has 4 rings (SSSR count). The monoisotopic (exact) mass is 476 g/mol. The second kappa shape index (κ2) is 12.3. The van der Waals surface area contributed by atoms with E-state index in [4.69, 9.17) is 4.74 Å². The summed E-state index contributed by atoms with van der Waals surface area (Å²) in [4.78, 5) is 18.3. The lowest BCUT2D eigenvalue weighted by Gasteiger charge is -2.26. The quantitative estimate of drug-likeness (QED) is 0.265. The number of rotatable bonds is 10. The predicted molar refractivity (Wildman–Crippen MR) is 132 cm³/mol. The summed E-state index contributed by atoms with van der Waals surface area (Å²) in [6.07, 6.45) is 1.80. The molecule has 8 heteroatoms. The Labute approximate surface area is 203 Å². The highest BCUT2D eigenvalue weighted by Crippen LogP contribution is 2.23. The first kappa shape index (κ1) is 24.6. The van der Waals surface area contributed by atoms with Gasteiger partial charge in [-0.3, -0.25) is 4.79 Å². The van der Waals surface area contributed by atoms with Crippen LogP contribution < -0.4 is 16.2 Å². The van der Waals surface area contributed by atoms with Crippen molar-refractivity contribution in [2.75, 3.05) is 33.0 Å². The summed E-state index contributed by atoms with van der Waals surface area (Å²) >= 11 is 0. The Kier molecular flexibility index (Phi) is 8.63. The van der Waals surface area contributed by atoms with Gasteiger partial charge in [-0.25, -0.2) is 9.37 Å². The number of hydrogen-bond donors (Lipinski definition) is 4. The van der Waals surface area contributed by atoms with Crippen molar-refractivity contribution in [2.24, 2.45) is 0 Å². The zero-order valence-corrected chi connectivity index (χ0v) is 19.4. The average molecular weight is 477 g/mol. The number of nitrogens with zero attached hydrogens (tertiary/aromatic N) is 1. The second-order valence-electron chi connectivity index (χ2n) is 8.52. The minimum absolute atomic E-state index is 0.196. The molecule has 0 bridgehead atoms. The van der Waals surface area contributed by atoms with Gasteiger partial charge in [0, 0.05) is 36.7 Å². The smallest absolute Gasteiger partial charge is 0.293 e. The van der Waals surface area contributed by atoms with Crippen molar-refractivity contribution in [3.63, 3.8) is 0 Å². The van der Waals surface area contributed by atoms with Crippen molar-refractivity contribution >= 4 is 0 Å². The van der Waals surface area contributed by atoms with Crippen LogP contribution in [0.2, 0.25) is 0 Å². The first-order valence-electron chi connectivity index (χ1n) is 11.7. The third-order valence-electron chi connectivity index (χ3n) is 5.88. The third kappa shape index (κ3) is 6.99. The molecule has 0 amide bonds.